The van der Waals surface area contributed by atoms with Gasteiger partial charge < -0.3 is 9.84 Å². The topological polar surface area (TPSA) is 46.5 Å². The molecule has 0 amide bonds. The number of aryl methyl sites for hydroxylation is 1. The lowest BCUT2D eigenvalue weighted by Crippen LogP contribution is -2.16. The molecule has 1 aliphatic rings. The minimum Gasteiger partial charge on any atom is -0.485 e. The highest BCUT2D eigenvalue weighted by molar-refractivity contribution is 9.10. The molecule has 0 radical (unpaired) electrons. The van der Waals surface area contributed by atoms with Crippen LogP contribution in [0.4, 0.5) is 0 Å². The lowest BCUT2D eigenvalue weighted by atomic mass is 10.0. The Labute approximate surface area is 127 Å². The molecule has 106 valence electrons. The van der Waals surface area contributed by atoms with Crippen molar-refractivity contribution in [2.75, 3.05) is 0 Å². The summed E-state index contributed by atoms with van der Waals surface area (Å²) in [4.78, 5) is 10.7. The maximum absolute atomic E-state index is 10.7. The van der Waals surface area contributed by atoms with Gasteiger partial charge in [0, 0.05) is 16.1 Å². The van der Waals surface area contributed by atoms with Crippen LogP contribution in [0.15, 0.2) is 34.8 Å². The average molecular weight is 337 g/mol. The number of hydrogen-bond acceptors (Lipinski definition) is 2. The van der Waals surface area contributed by atoms with Crippen LogP contribution in [0, 0.1) is 6.92 Å². The predicted octanol–water partition coefficient (Wildman–Crippen LogP) is 4.34. The highest BCUT2D eigenvalue weighted by atomic mass is 79.9. The van der Waals surface area contributed by atoms with E-state index in [1.807, 2.05) is 19.1 Å². The number of carbonyl (C=O) groups is 1. The van der Waals surface area contributed by atoms with E-state index in [2.05, 4.69) is 28.1 Å². The summed E-state index contributed by atoms with van der Waals surface area (Å²) in [7, 11) is 0. The summed E-state index contributed by atoms with van der Waals surface area (Å²) in [5.74, 6) is -0.214. The molecule has 1 aliphatic carbocycles. The molecule has 0 spiro atoms. The second-order valence-electron chi connectivity index (χ2n) is 4.83. The number of rotatable bonds is 4. The van der Waals surface area contributed by atoms with Gasteiger partial charge in [0.05, 0.1) is 0 Å². The van der Waals surface area contributed by atoms with Crippen molar-refractivity contribution in [1.29, 1.82) is 0 Å². The first-order chi connectivity index (χ1) is 9.56. The van der Waals surface area contributed by atoms with Gasteiger partial charge in [0.25, 0.3) is 0 Å². The van der Waals surface area contributed by atoms with Crippen molar-refractivity contribution in [2.45, 2.75) is 32.3 Å². The highest BCUT2D eigenvalue weighted by Crippen LogP contribution is 2.31. The molecule has 3 nitrogen and oxygen atoms in total. The van der Waals surface area contributed by atoms with Crippen molar-refractivity contribution in [3.8, 4) is 5.75 Å². The molecule has 1 N–H and O–H groups in total. The van der Waals surface area contributed by atoms with E-state index in [9.17, 15) is 4.79 Å². The van der Waals surface area contributed by atoms with Crippen LogP contribution < -0.4 is 4.74 Å². The third-order valence-corrected chi connectivity index (χ3v) is 3.61. The van der Waals surface area contributed by atoms with Gasteiger partial charge in [-0.1, -0.05) is 22.0 Å². The third kappa shape index (κ3) is 3.97. The van der Waals surface area contributed by atoms with E-state index in [1.165, 1.54) is 0 Å². The van der Waals surface area contributed by atoms with Crippen LogP contribution in [0.25, 0.3) is 6.08 Å². The molecule has 0 aromatic heterocycles. The zero-order valence-electron chi connectivity index (χ0n) is 11.3. The SMILES string of the molecule is Cc1cc(Br)cc(/C=C/C(=O)O)c1OC1C=CCCC1. The average Bonchev–Trinajstić information content (AvgIpc) is 2.41. The van der Waals surface area contributed by atoms with Gasteiger partial charge in [-0.3, -0.25) is 0 Å². The van der Waals surface area contributed by atoms with E-state index >= 15 is 0 Å². The van der Waals surface area contributed by atoms with Crippen molar-refractivity contribution in [3.05, 3.63) is 46.0 Å². The van der Waals surface area contributed by atoms with Gasteiger partial charge in [-0.05, 0) is 56.0 Å². The summed E-state index contributed by atoms with van der Waals surface area (Å²) in [6.07, 6.45) is 10.2. The summed E-state index contributed by atoms with van der Waals surface area (Å²) >= 11 is 3.43. The third-order valence-electron chi connectivity index (χ3n) is 3.15. The quantitative estimate of drug-likeness (QED) is 0.657. The smallest absolute Gasteiger partial charge is 0.328 e. The number of halogens is 1. The second kappa shape index (κ2) is 6.75. The van der Waals surface area contributed by atoms with E-state index in [0.717, 1.165) is 46.7 Å². The van der Waals surface area contributed by atoms with Gasteiger partial charge in [0.1, 0.15) is 11.9 Å². The Balaban J connectivity index is 2.31. The molecule has 1 aromatic carbocycles. The number of aliphatic carboxylic acids is 1. The lowest BCUT2D eigenvalue weighted by Gasteiger charge is -2.21. The Hall–Kier alpha value is -1.55. The maximum Gasteiger partial charge on any atom is 0.328 e. The van der Waals surface area contributed by atoms with E-state index in [-0.39, 0.29) is 6.10 Å². The summed E-state index contributed by atoms with van der Waals surface area (Å²) < 4.78 is 6.96. The largest absolute Gasteiger partial charge is 0.485 e. The molecule has 1 unspecified atom stereocenters. The van der Waals surface area contributed by atoms with Crippen LogP contribution in [0.3, 0.4) is 0 Å². The normalized spacial score (nSPS) is 18.4. The monoisotopic (exact) mass is 336 g/mol. The molecule has 2 rings (SSSR count). The van der Waals surface area contributed by atoms with E-state index in [0.29, 0.717) is 0 Å². The minimum atomic E-state index is -0.967. The van der Waals surface area contributed by atoms with Crippen molar-refractivity contribution in [3.63, 3.8) is 0 Å². The molecule has 20 heavy (non-hydrogen) atoms. The van der Waals surface area contributed by atoms with Crippen molar-refractivity contribution >= 4 is 28.0 Å². The summed E-state index contributed by atoms with van der Waals surface area (Å²) in [5, 5.41) is 8.78. The van der Waals surface area contributed by atoms with Gasteiger partial charge in [0.2, 0.25) is 0 Å². The number of hydrogen-bond donors (Lipinski definition) is 1. The van der Waals surface area contributed by atoms with Crippen LogP contribution in [0.5, 0.6) is 5.75 Å². The molecule has 0 fully saturated rings. The highest BCUT2D eigenvalue weighted by Gasteiger charge is 2.14. The molecule has 0 saturated heterocycles. The summed E-state index contributed by atoms with van der Waals surface area (Å²) in [6.45, 7) is 1.96. The first-order valence-corrected chi connectivity index (χ1v) is 7.40. The van der Waals surface area contributed by atoms with Crippen LogP contribution in [0.1, 0.15) is 30.4 Å². The molecule has 0 saturated carbocycles. The van der Waals surface area contributed by atoms with Gasteiger partial charge in [-0.25, -0.2) is 4.79 Å². The van der Waals surface area contributed by atoms with Crippen molar-refractivity contribution in [1.82, 2.24) is 0 Å². The van der Waals surface area contributed by atoms with E-state index in [1.54, 1.807) is 6.08 Å². The zero-order chi connectivity index (χ0) is 14.5. The Kier molecular flexibility index (Phi) is 5.01. The molecule has 0 bridgehead atoms. The number of carboxylic acid groups (broad SMARTS) is 1. The van der Waals surface area contributed by atoms with Crippen molar-refractivity contribution < 1.29 is 14.6 Å². The standard InChI is InChI=1S/C16H17BrO3/c1-11-9-13(17)10-12(7-8-15(18)19)16(11)20-14-5-3-2-4-6-14/h3,5,7-10,14H,2,4,6H2,1H3,(H,18,19)/b8-7+. The molecule has 4 heteroatoms. The first-order valence-electron chi connectivity index (χ1n) is 6.61. The molecule has 1 aromatic rings. The Morgan fingerprint density at radius 1 is 1.50 bits per heavy atom. The number of carboxylic acids is 1. The number of ether oxygens (including phenoxy) is 1. The number of benzene rings is 1. The predicted molar refractivity (Wildman–Crippen MR) is 83.0 cm³/mol. The van der Waals surface area contributed by atoms with Crippen LogP contribution in [-0.2, 0) is 4.79 Å². The Morgan fingerprint density at radius 3 is 2.95 bits per heavy atom. The van der Waals surface area contributed by atoms with Crippen LogP contribution in [0.2, 0.25) is 0 Å². The van der Waals surface area contributed by atoms with Gasteiger partial charge in [-0.2, -0.15) is 0 Å². The van der Waals surface area contributed by atoms with Crippen molar-refractivity contribution in [2.24, 2.45) is 0 Å². The summed E-state index contributed by atoms with van der Waals surface area (Å²) in [5.41, 5.74) is 1.77. The fourth-order valence-electron chi connectivity index (χ4n) is 2.23. The maximum atomic E-state index is 10.7. The van der Waals surface area contributed by atoms with Gasteiger partial charge in [0.15, 0.2) is 0 Å². The minimum absolute atomic E-state index is 0.0700. The Bertz CT molecular complexity index is 561. The second-order valence-corrected chi connectivity index (χ2v) is 5.74. The fourth-order valence-corrected chi connectivity index (χ4v) is 2.82. The van der Waals surface area contributed by atoms with Gasteiger partial charge >= 0.3 is 5.97 Å². The molecule has 0 aliphatic heterocycles. The fraction of sp³-hybridized carbons (Fsp3) is 0.312. The molecule has 1 atom stereocenters. The van der Waals surface area contributed by atoms with Crippen LogP contribution in [-0.4, -0.2) is 17.2 Å². The Morgan fingerprint density at radius 2 is 2.30 bits per heavy atom. The summed E-state index contributed by atoms with van der Waals surface area (Å²) in [6, 6.07) is 3.84. The van der Waals surface area contributed by atoms with Gasteiger partial charge in [-0.15, -0.1) is 0 Å². The molecule has 0 heterocycles. The lowest BCUT2D eigenvalue weighted by molar-refractivity contribution is -0.131. The van der Waals surface area contributed by atoms with E-state index < -0.39 is 5.97 Å². The molecular weight excluding hydrogens is 320 g/mol. The van der Waals surface area contributed by atoms with E-state index in [4.69, 9.17) is 9.84 Å². The first kappa shape index (κ1) is 14.9. The molecular formula is C16H17BrO3. The zero-order valence-corrected chi connectivity index (χ0v) is 12.9. The number of allylic oxidation sites excluding steroid dienone is 1. The van der Waals surface area contributed by atoms with Crippen LogP contribution >= 0.6 is 15.9 Å².